The van der Waals surface area contributed by atoms with Crippen LogP contribution in [0.4, 0.5) is 4.79 Å². The molecule has 0 spiro atoms. The molecule has 0 unspecified atom stereocenters. The number of thioether (sulfide) groups is 1. The van der Waals surface area contributed by atoms with E-state index in [1.54, 1.807) is 17.0 Å². The summed E-state index contributed by atoms with van der Waals surface area (Å²) in [5, 5.41) is 0.165. The van der Waals surface area contributed by atoms with E-state index in [1.807, 2.05) is 25.1 Å². The Morgan fingerprint density at radius 1 is 1.21 bits per heavy atom. The maximum atomic E-state index is 12.6. The van der Waals surface area contributed by atoms with Crippen molar-refractivity contribution < 1.29 is 18.8 Å². The highest BCUT2D eigenvalue weighted by Crippen LogP contribution is 2.34. The van der Waals surface area contributed by atoms with Crippen LogP contribution >= 0.6 is 23.4 Å². The van der Waals surface area contributed by atoms with Crippen LogP contribution < -0.4 is 0 Å². The topological polar surface area (TPSA) is 70.8 Å². The first kappa shape index (κ1) is 19.8. The number of carbonyl (C=O) groups excluding carboxylic acids is 3. The minimum atomic E-state index is -0.468. The Kier molecular flexibility index (Phi) is 5.52. The molecule has 1 aromatic carbocycles. The summed E-state index contributed by atoms with van der Waals surface area (Å²) in [6.45, 7) is 3.11. The fourth-order valence-corrected chi connectivity index (χ4v) is 4.39. The Hall–Kier alpha value is -2.51. The fourth-order valence-electron chi connectivity index (χ4n) is 3.40. The van der Waals surface area contributed by atoms with Crippen LogP contribution in [0.3, 0.4) is 0 Å². The number of carbonyl (C=O) groups is 3. The van der Waals surface area contributed by atoms with Crippen LogP contribution in [0, 0.1) is 6.92 Å². The predicted molar refractivity (Wildman–Crippen MR) is 112 cm³/mol. The molecule has 0 aliphatic carbocycles. The summed E-state index contributed by atoms with van der Waals surface area (Å²) in [5.74, 6) is 0.419. The molecule has 2 fully saturated rings. The summed E-state index contributed by atoms with van der Waals surface area (Å²) in [6.07, 6.45) is 3.45. The van der Waals surface area contributed by atoms with Crippen LogP contribution in [0.25, 0.3) is 17.4 Å². The van der Waals surface area contributed by atoms with Crippen molar-refractivity contribution in [3.8, 4) is 11.3 Å². The normalized spacial score (nSPS) is 18.3. The molecular weight excluding hydrogens is 412 g/mol. The van der Waals surface area contributed by atoms with Gasteiger partial charge in [-0.25, -0.2) is 0 Å². The molecule has 4 rings (SSSR count). The zero-order valence-electron chi connectivity index (χ0n) is 15.8. The number of hydrogen-bond acceptors (Lipinski definition) is 5. The van der Waals surface area contributed by atoms with Gasteiger partial charge in [-0.3, -0.25) is 19.3 Å². The third kappa shape index (κ3) is 4.11. The largest absolute Gasteiger partial charge is 0.457 e. The average molecular weight is 431 g/mol. The van der Waals surface area contributed by atoms with Crippen molar-refractivity contribution in [2.24, 2.45) is 0 Å². The van der Waals surface area contributed by atoms with Crippen molar-refractivity contribution in [3.05, 3.63) is 51.6 Å². The summed E-state index contributed by atoms with van der Waals surface area (Å²) in [4.78, 5) is 40.1. The molecule has 150 valence electrons. The maximum Gasteiger partial charge on any atom is 0.294 e. The first-order valence-electron chi connectivity index (χ1n) is 9.32. The van der Waals surface area contributed by atoms with E-state index in [0.29, 0.717) is 29.6 Å². The Morgan fingerprint density at radius 3 is 2.72 bits per heavy atom. The van der Waals surface area contributed by atoms with E-state index in [1.165, 1.54) is 6.08 Å². The number of amides is 3. The molecule has 2 aliphatic heterocycles. The van der Waals surface area contributed by atoms with Crippen molar-refractivity contribution in [2.75, 3.05) is 19.6 Å². The third-order valence-corrected chi connectivity index (χ3v) is 6.13. The number of rotatable bonds is 4. The van der Waals surface area contributed by atoms with Crippen LogP contribution in [-0.4, -0.2) is 46.5 Å². The number of benzene rings is 1. The number of halogens is 1. The molecule has 0 bridgehead atoms. The van der Waals surface area contributed by atoms with Gasteiger partial charge in [0.05, 0.1) is 4.91 Å². The number of likely N-dealkylation sites (tertiary alicyclic amines) is 1. The van der Waals surface area contributed by atoms with E-state index in [4.69, 9.17) is 16.0 Å². The van der Waals surface area contributed by atoms with Gasteiger partial charge in [-0.15, -0.1) is 0 Å². The number of hydrogen-bond donors (Lipinski definition) is 0. The molecule has 2 aromatic rings. The molecule has 8 heteroatoms. The van der Waals surface area contributed by atoms with E-state index in [2.05, 4.69) is 0 Å². The maximum absolute atomic E-state index is 12.6. The van der Waals surface area contributed by atoms with Gasteiger partial charge in [-0.1, -0.05) is 17.7 Å². The van der Waals surface area contributed by atoms with Gasteiger partial charge in [0.15, 0.2) is 0 Å². The van der Waals surface area contributed by atoms with Crippen molar-refractivity contribution in [1.29, 1.82) is 0 Å². The van der Waals surface area contributed by atoms with E-state index >= 15 is 0 Å². The first-order valence-corrected chi connectivity index (χ1v) is 10.5. The highest BCUT2D eigenvalue weighted by atomic mass is 35.5. The van der Waals surface area contributed by atoms with Crippen LogP contribution in [0.5, 0.6) is 0 Å². The van der Waals surface area contributed by atoms with Gasteiger partial charge in [0.2, 0.25) is 5.91 Å². The minimum absolute atomic E-state index is 0.192. The van der Waals surface area contributed by atoms with E-state index in [0.717, 1.165) is 40.6 Å². The molecule has 0 N–H and O–H groups in total. The quantitative estimate of drug-likeness (QED) is 0.664. The summed E-state index contributed by atoms with van der Waals surface area (Å²) in [7, 11) is 0. The van der Waals surface area contributed by atoms with Crippen molar-refractivity contribution in [2.45, 2.75) is 19.8 Å². The van der Waals surface area contributed by atoms with Gasteiger partial charge in [0.25, 0.3) is 11.1 Å². The van der Waals surface area contributed by atoms with Crippen LogP contribution in [-0.2, 0) is 9.59 Å². The summed E-state index contributed by atoms with van der Waals surface area (Å²) in [5.41, 5.74) is 1.87. The minimum Gasteiger partial charge on any atom is -0.457 e. The molecule has 3 amide bonds. The first-order chi connectivity index (χ1) is 13.9. The molecule has 3 heterocycles. The van der Waals surface area contributed by atoms with Gasteiger partial charge in [0, 0.05) is 29.8 Å². The lowest BCUT2D eigenvalue weighted by molar-refractivity contribution is -0.135. The SMILES string of the molecule is Cc1ccc(Cl)cc1-c1ccc(/C=C2\SC(=O)N(CC(=O)N3CCCC3)C2=O)o1. The highest BCUT2D eigenvalue weighted by Gasteiger charge is 2.37. The lowest BCUT2D eigenvalue weighted by Crippen LogP contribution is -2.40. The van der Waals surface area contributed by atoms with Crippen LogP contribution in [0.1, 0.15) is 24.2 Å². The Bertz CT molecular complexity index is 1020. The van der Waals surface area contributed by atoms with Gasteiger partial charge in [0.1, 0.15) is 18.1 Å². The summed E-state index contributed by atoms with van der Waals surface area (Å²) >= 11 is 6.89. The molecule has 6 nitrogen and oxygen atoms in total. The van der Waals surface area contributed by atoms with Crippen LogP contribution in [0.2, 0.25) is 5.02 Å². The smallest absolute Gasteiger partial charge is 0.294 e. The Balaban J connectivity index is 1.51. The fraction of sp³-hybridized carbons (Fsp3) is 0.286. The van der Waals surface area contributed by atoms with Gasteiger partial charge in [-0.05, 0) is 61.4 Å². The second kappa shape index (κ2) is 8.08. The van der Waals surface area contributed by atoms with Crippen molar-refractivity contribution >= 4 is 46.5 Å². The highest BCUT2D eigenvalue weighted by molar-refractivity contribution is 8.18. The zero-order valence-corrected chi connectivity index (χ0v) is 17.4. The van der Waals surface area contributed by atoms with Crippen molar-refractivity contribution in [1.82, 2.24) is 9.80 Å². The summed E-state index contributed by atoms with van der Waals surface area (Å²) < 4.78 is 5.84. The van der Waals surface area contributed by atoms with Crippen molar-refractivity contribution in [3.63, 3.8) is 0 Å². The number of nitrogens with zero attached hydrogens (tertiary/aromatic N) is 2. The van der Waals surface area contributed by atoms with Gasteiger partial charge < -0.3 is 9.32 Å². The molecule has 29 heavy (non-hydrogen) atoms. The lowest BCUT2D eigenvalue weighted by atomic mass is 10.1. The number of furan rings is 1. The second-order valence-electron chi connectivity index (χ2n) is 7.02. The number of imide groups is 1. The second-order valence-corrected chi connectivity index (χ2v) is 8.45. The van der Waals surface area contributed by atoms with E-state index in [9.17, 15) is 14.4 Å². The monoisotopic (exact) mass is 430 g/mol. The van der Waals surface area contributed by atoms with Crippen LogP contribution in [0.15, 0.2) is 39.7 Å². The third-order valence-electron chi connectivity index (χ3n) is 4.99. The van der Waals surface area contributed by atoms with E-state index < -0.39 is 11.1 Å². The Morgan fingerprint density at radius 2 is 1.97 bits per heavy atom. The van der Waals surface area contributed by atoms with Gasteiger partial charge >= 0.3 is 0 Å². The number of aryl methyl sites for hydroxylation is 1. The lowest BCUT2D eigenvalue weighted by Gasteiger charge is -2.18. The summed E-state index contributed by atoms with van der Waals surface area (Å²) in [6, 6.07) is 9.06. The molecule has 1 aromatic heterocycles. The molecule has 0 saturated carbocycles. The van der Waals surface area contributed by atoms with Gasteiger partial charge in [-0.2, -0.15) is 0 Å². The Labute approximate surface area is 177 Å². The molecule has 0 atom stereocenters. The molecule has 2 aliphatic rings. The predicted octanol–water partition coefficient (Wildman–Crippen LogP) is 4.57. The molecular formula is C21H19ClN2O4S. The average Bonchev–Trinajstić information content (AvgIpc) is 3.42. The molecule has 0 radical (unpaired) electrons. The molecule has 2 saturated heterocycles. The zero-order chi connectivity index (χ0) is 20.5. The standard InChI is InChI=1S/C21H19ClN2O4S/c1-13-4-5-14(22)10-16(13)17-7-6-15(28-17)11-18-20(26)24(21(27)29-18)12-19(25)23-8-2-3-9-23/h4-7,10-11H,2-3,8-9,12H2,1H3/b18-11-. The van der Waals surface area contributed by atoms with E-state index in [-0.39, 0.29) is 17.4 Å².